The molecule has 1 aliphatic rings. The predicted octanol–water partition coefficient (Wildman–Crippen LogP) is 3.63. The fourth-order valence-corrected chi connectivity index (χ4v) is 3.14. The summed E-state index contributed by atoms with van der Waals surface area (Å²) in [4.78, 5) is 16.2. The zero-order valence-corrected chi connectivity index (χ0v) is 15.3. The molecule has 0 unspecified atom stereocenters. The van der Waals surface area contributed by atoms with E-state index >= 15 is 0 Å². The molecule has 2 aromatic carbocycles. The molecule has 0 atom stereocenters. The second-order valence-corrected chi connectivity index (χ2v) is 7.22. The molecule has 2 amide bonds. The third-order valence-corrected chi connectivity index (χ3v) is 5.04. The lowest BCUT2D eigenvalue weighted by Crippen LogP contribution is -2.40. The molecule has 1 aliphatic carbocycles. The first-order valence-corrected chi connectivity index (χ1v) is 8.81. The summed E-state index contributed by atoms with van der Waals surface area (Å²) in [5, 5.41) is 3.11. The van der Waals surface area contributed by atoms with Crippen LogP contribution in [0.5, 0.6) is 0 Å². The van der Waals surface area contributed by atoms with Crippen molar-refractivity contribution in [3.8, 4) is 0 Å². The summed E-state index contributed by atoms with van der Waals surface area (Å²) in [7, 11) is 5.89. The Bertz CT molecular complexity index is 706. The number of anilines is 1. The van der Waals surface area contributed by atoms with Crippen molar-refractivity contribution in [1.82, 2.24) is 10.2 Å². The molecular formula is C21H27N3O. The van der Waals surface area contributed by atoms with Crippen molar-refractivity contribution in [1.29, 1.82) is 0 Å². The number of amides is 2. The van der Waals surface area contributed by atoms with Gasteiger partial charge < -0.3 is 15.1 Å². The number of nitrogens with zero attached hydrogens (tertiary/aromatic N) is 2. The molecule has 0 bridgehead atoms. The number of urea groups is 1. The smallest absolute Gasteiger partial charge is 0.317 e. The number of nitrogens with one attached hydrogen (secondary N) is 1. The molecular weight excluding hydrogens is 310 g/mol. The molecule has 132 valence electrons. The van der Waals surface area contributed by atoms with Gasteiger partial charge in [0.1, 0.15) is 0 Å². The van der Waals surface area contributed by atoms with E-state index in [1.807, 2.05) is 27.2 Å². The van der Waals surface area contributed by atoms with Crippen molar-refractivity contribution in [3.05, 3.63) is 65.7 Å². The Labute approximate surface area is 150 Å². The molecule has 0 spiro atoms. The molecule has 1 saturated carbocycles. The highest BCUT2D eigenvalue weighted by Crippen LogP contribution is 2.47. The lowest BCUT2D eigenvalue weighted by atomic mass is 9.96. The van der Waals surface area contributed by atoms with Gasteiger partial charge in [-0.2, -0.15) is 0 Å². The Balaban J connectivity index is 1.53. The number of rotatable bonds is 6. The van der Waals surface area contributed by atoms with E-state index < -0.39 is 0 Å². The van der Waals surface area contributed by atoms with E-state index in [0.29, 0.717) is 13.1 Å². The van der Waals surface area contributed by atoms with Crippen LogP contribution in [-0.4, -0.2) is 38.6 Å². The van der Waals surface area contributed by atoms with Crippen molar-refractivity contribution in [3.63, 3.8) is 0 Å². The highest BCUT2D eigenvalue weighted by atomic mass is 16.2. The van der Waals surface area contributed by atoms with E-state index in [0.717, 1.165) is 24.1 Å². The molecule has 1 N–H and O–H groups in total. The van der Waals surface area contributed by atoms with Crippen LogP contribution in [-0.2, 0) is 12.0 Å². The Morgan fingerprint density at radius 2 is 1.64 bits per heavy atom. The zero-order chi connectivity index (χ0) is 17.9. The van der Waals surface area contributed by atoms with Gasteiger partial charge in [0.15, 0.2) is 0 Å². The fraction of sp³-hybridized carbons (Fsp3) is 0.381. The van der Waals surface area contributed by atoms with E-state index in [1.165, 1.54) is 5.56 Å². The van der Waals surface area contributed by atoms with Crippen LogP contribution in [0.25, 0.3) is 0 Å². The van der Waals surface area contributed by atoms with Gasteiger partial charge in [-0.1, -0.05) is 42.5 Å². The topological polar surface area (TPSA) is 35.6 Å². The maximum Gasteiger partial charge on any atom is 0.317 e. The Kier molecular flexibility index (Phi) is 4.98. The first-order valence-electron chi connectivity index (χ1n) is 8.81. The monoisotopic (exact) mass is 337 g/mol. The molecule has 0 aromatic heterocycles. The van der Waals surface area contributed by atoms with E-state index in [2.05, 4.69) is 58.7 Å². The minimum Gasteiger partial charge on any atom is -0.378 e. The molecule has 25 heavy (non-hydrogen) atoms. The van der Waals surface area contributed by atoms with Crippen molar-refractivity contribution in [2.45, 2.75) is 24.8 Å². The predicted molar refractivity (Wildman–Crippen MR) is 103 cm³/mol. The van der Waals surface area contributed by atoms with Gasteiger partial charge in [-0.3, -0.25) is 0 Å². The minimum atomic E-state index is -0.0149. The van der Waals surface area contributed by atoms with E-state index in [1.54, 1.807) is 4.90 Å². The van der Waals surface area contributed by atoms with Gasteiger partial charge in [0.05, 0.1) is 0 Å². The third-order valence-electron chi connectivity index (χ3n) is 5.04. The standard InChI is InChI=1S/C21H27N3O/c1-23(2)19-11-9-17(10-12-19)15-24(3)20(25)22-16-21(13-14-21)18-7-5-4-6-8-18/h4-12H,13-16H2,1-3H3,(H,22,25). The highest BCUT2D eigenvalue weighted by molar-refractivity contribution is 5.74. The molecule has 4 heteroatoms. The van der Waals surface area contributed by atoms with Gasteiger partial charge in [-0.15, -0.1) is 0 Å². The lowest BCUT2D eigenvalue weighted by Gasteiger charge is -2.22. The Hall–Kier alpha value is -2.49. The SMILES string of the molecule is CN(Cc1ccc(N(C)C)cc1)C(=O)NCC1(c2ccccc2)CC1. The fourth-order valence-electron chi connectivity index (χ4n) is 3.14. The van der Waals surface area contributed by atoms with Crippen molar-refractivity contribution in [2.75, 3.05) is 32.6 Å². The summed E-state index contributed by atoms with van der Waals surface area (Å²) in [5.41, 5.74) is 3.77. The number of hydrogen-bond acceptors (Lipinski definition) is 2. The minimum absolute atomic E-state index is 0.0149. The Morgan fingerprint density at radius 1 is 1.00 bits per heavy atom. The molecule has 0 heterocycles. The first kappa shape index (κ1) is 17.3. The third kappa shape index (κ3) is 4.13. The van der Waals surface area contributed by atoms with Crippen LogP contribution in [0.15, 0.2) is 54.6 Å². The maximum absolute atomic E-state index is 12.4. The van der Waals surface area contributed by atoms with Crippen LogP contribution >= 0.6 is 0 Å². The highest BCUT2D eigenvalue weighted by Gasteiger charge is 2.44. The average molecular weight is 337 g/mol. The summed E-state index contributed by atoms with van der Waals surface area (Å²) < 4.78 is 0. The zero-order valence-electron chi connectivity index (χ0n) is 15.3. The van der Waals surface area contributed by atoms with Crippen molar-refractivity contribution >= 4 is 11.7 Å². The van der Waals surface area contributed by atoms with Crippen LogP contribution in [0.2, 0.25) is 0 Å². The molecule has 1 fully saturated rings. The van der Waals surface area contributed by atoms with Gasteiger partial charge in [-0.25, -0.2) is 4.79 Å². The van der Waals surface area contributed by atoms with Crippen LogP contribution in [0.1, 0.15) is 24.0 Å². The molecule has 0 saturated heterocycles. The van der Waals surface area contributed by atoms with Crippen LogP contribution in [0.3, 0.4) is 0 Å². The maximum atomic E-state index is 12.4. The summed E-state index contributed by atoms with van der Waals surface area (Å²) in [6.07, 6.45) is 2.29. The Morgan fingerprint density at radius 3 is 2.20 bits per heavy atom. The lowest BCUT2D eigenvalue weighted by molar-refractivity contribution is 0.206. The van der Waals surface area contributed by atoms with Crippen LogP contribution in [0, 0.1) is 0 Å². The van der Waals surface area contributed by atoms with E-state index in [4.69, 9.17) is 0 Å². The largest absolute Gasteiger partial charge is 0.378 e. The molecule has 2 aromatic rings. The molecule has 0 aliphatic heterocycles. The van der Waals surface area contributed by atoms with E-state index in [9.17, 15) is 4.79 Å². The van der Waals surface area contributed by atoms with E-state index in [-0.39, 0.29) is 11.4 Å². The van der Waals surface area contributed by atoms with Crippen molar-refractivity contribution in [2.24, 2.45) is 0 Å². The van der Waals surface area contributed by atoms with Crippen molar-refractivity contribution < 1.29 is 4.79 Å². The summed E-state index contributed by atoms with van der Waals surface area (Å²) in [6, 6.07) is 18.8. The van der Waals surface area contributed by atoms with Crippen LogP contribution in [0.4, 0.5) is 10.5 Å². The van der Waals surface area contributed by atoms with Gasteiger partial charge in [-0.05, 0) is 36.1 Å². The number of carbonyl (C=O) groups excluding carboxylic acids is 1. The molecule has 3 rings (SSSR count). The number of carbonyl (C=O) groups is 1. The van der Waals surface area contributed by atoms with Gasteiger partial charge in [0.25, 0.3) is 0 Å². The quantitative estimate of drug-likeness (QED) is 0.874. The van der Waals surface area contributed by atoms with Gasteiger partial charge in [0.2, 0.25) is 0 Å². The normalized spacial score (nSPS) is 14.7. The van der Waals surface area contributed by atoms with Gasteiger partial charge >= 0.3 is 6.03 Å². The second-order valence-electron chi connectivity index (χ2n) is 7.22. The molecule has 4 nitrogen and oxygen atoms in total. The van der Waals surface area contributed by atoms with Gasteiger partial charge in [0, 0.05) is 45.3 Å². The average Bonchev–Trinajstić information content (AvgIpc) is 3.42. The first-order chi connectivity index (χ1) is 12.0. The molecule has 0 radical (unpaired) electrons. The summed E-state index contributed by atoms with van der Waals surface area (Å²) in [6.45, 7) is 1.32. The van der Waals surface area contributed by atoms with Crippen LogP contribution < -0.4 is 10.2 Å². The number of hydrogen-bond donors (Lipinski definition) is 1. The summed E-state index contributed by atoms with van der Waals surface area (Å²) in [5.74, 6) is 0. The number of benzene rings is 2. The summed E-state index contributed by atoms with van der Waals surface area (Å²) >= 11 is 0. The second kappa shape index (κ2) is 7.18.